The van der Waals surface area contributed by atoms with Gasteiger partial charge in [0.15, 0.2) is 15.5 Å². The first-order valence-corrected chi connectivity index (χ1v) is 9.81. The molecule has 0 amide bonds. The molecule has 0 unspecified atom stereocenters. The number of halogens is 6. The lowest BCUT2D eigenvalue weighted by atomic mass is 10.1. The van der Waals surface area contributed by atoms with Crippen molar-refractivity contribution in [1.29, 1.82) is 0 Å². The average Bonchev–Trinajstić information content (AvgIpc) is 3.03. The van der Waals surface area contributed by atoms with Gasteiger partial charge in [-0.1, -0.05) is 6.07 Å². The Hall–Kier alpha value is -2.82. The van der Waals surface area contributed by atoms with E-state index in [4.69, 9.17) is 0 Å². The van der Waals surface area contributed by atoms with Gasteiger partial charge in [0.05, 0.1) is 11.4 Å². The molecule has 1 aromatic heterocycles. The van der Waals surface area contributed by atoms with Crippen LogP contribution in [0.1, 0.15) is 11.3 Å². The molecule has 0 saturated heterocycles. The average molecular weight is 434 g/mol. The van der Waals surface area contributed by atoms with Crippen LogP contribution >= 0.6 is 0 Å². The van der Waals surface area contributed by atoms with Crippen LogP contribution in [0.2, 0.25) is 0 Å². The minimum Gasteiger partial charge on any atom is -0.232 e. The summed E-state index contributed by atoms with van der Waals surface area (Å²) in [7, 11) is -4.11. The summed E-state index contributed by atoms with van der Waals surface area (Å²) in [5.74, 6) is -3.37. The second-order valence-electron chi connectivity index (χ2n) is 6.29. The van der Waals surface area contributed by atoms with Crippen LogP contribution in [0.15, 0.2) is 41.3 Å². The topological polar surface area (TPSA) is 52.0 Å². The van der Waals surface area contributed by atoms with Crippen molar-refractivity contribution in [2.45, 2.75) is 18.0 Å². The first kappa shape index (κ1) is 20.9. The lowest BCUT2D eigenvalue weighted by molar-refractivity contribution is -0.141. The lowest BCUT2D eigenvalue weighted by Gasteiger charge is -2.11. The maximum absolute atomic E-state index is 14.6. The van der Waals surface area contributed by atoms with E-state index in [1.54, 1.807) is 0 Å². The quantitative estimate of drug-likeness (QED) is 0.563. The zero-order valence-electron chi connectivity index (χ0n) is 14.9. The van der Waals surface area contributed by atoms with Crippen LogP contribution in [0.25, 0.3) is 16.9 Å². The smallest absolute Gasteiger partial charge is 0.232 e. The summed E-state index contributed by atoms with van der Waals surface area (Å²) in [6.07, 6.45) is -4.25. The third-order valence-electron chi connectivity index (χ3n) is 4.10. The van der Waals surface area contributed by atoms with Gasteiger partial charge in [0.1, 0.15) is 22.3 Å². The predicted molar refractivity (Wildman–Crippen MR) is 91.7 cm³/mol. The van der Waals surface area contributed by atoms with Crippen molar-refractivity contribution < 1.29 is 34.8 Å². The summed E-state index contributed by atoms with van der Waals surface area (Å²) >= 11 is 0. The van der Waals surface area contributed by atoms with Gasteiger partial charge in [-0.25, -0.2) is 26.3 Å². The maximum Gasteiger partial charge on any atom is 0.435 e. The summed E-state index contributed by atoms with van der Waals surface area (Å²) in [5, 5.41) is 3.36. The molecular formula is C18H12F6N2O2S. The van der Waals surface area contributed by atoms with Crippen LogP contribution in [0.4, 0.5) is 26.3 Å². The van der Waals surface area contributed by atoms with E-state index in [1.165, 1.54) is 19.1 Å². The zero-order chi connectivity index (χ0) is 21.7. The second kappa shape index (κ2) is 6.90. The maximum atomic E-state index is 14.6. The molecule has 11 heteroatoms. The summed E-state index contributed by atoms with van der Waals surface area (Å²) in [6, 6.07) is 4.74. The highest BCUT2D eigenvalue weighted by Gasteiger charge is 2.36. The van der Waals surface area contributed by atoms with Gasteiger partial charge in [-0.15, -0.1) is 0 Å². The number of nitrogens with zero attached hydrogens (tertiary/aromatic N) is 2. The fraction of sp³-hybridized carbons (Fsp3) is 0.167. The van der Waals surface area contributed by atoms with E-state index in [2.05, 4.69) is 5.10 Å². The van der Waals surface area contributed by atoms with Crippen molar-refractivity contribution in [3.63, 3.8) is 0 Å². The Morgan fingerprint density at radius 3 is 2.14 bits per heavy atom. The number of alkyl halides is 3. The van der Waals surface area contributed by atoms with E-state index in [9.17, 15) is 34.8 Å². The Labute approximate surface area is 161 Å². The van der Waals surface area contributed by atoms with E-state index in [0.717, 1.165) is 6.07 Å². The van der Waals surface area contributed by atoms with Gasteiger partial charge in [0, 0.05) is 11.8 Å². The molecule has 1 heterocycles. The molecule has 3 rings (SSSR count). The van der Waals surface area contributed by atoms with Gasteiger partial charge in [0.2, 0.25) is 0 Å². The number of hydrogen-bond acceptors (Lipinski definition) is 3. The fourth-order valence-corrected chi connectivity index (χ4v) is 3.36. The Bertz CT molecular complexity index is 1220. The predicted octanol–water partition coefficient (Wildman–Crippen LogP) is 4.69. The van der Waals surface area contributed by atoms with Gasteiger partial charge in [-0.3, -0.25) is 0 Å². The lowest BCUT2D eigenvalue weighted by Crippen LogP contribution is -2.08. The number of sulfone groups is 1. The molecule has 29 heavy (non-hydrogen) atoms. The second-order valence-corrected chi connectivity index (χ2v) is 8.28. The molecular weight excluding hydrogens is 422 g/mol. The molecule has 0 N–H and O–H groups in total. The molecule has 154 valence electrons. The molecule has 0 radical (unpaired) electrons. The van der Waals surface area contributed by atoms with Crippen LogP contribution < -0.4 is 0 Å². The Morgan fingerprint density at radius 2 is 1.59 bits per heavy atom. The van der Waals surface area contributed by atoms with E-state index in [1.807, 2.05) is 0 Å². The normalized spacial score (nSPS) is 12.4. The summed E-state index contributed by atoms with van der Waals surface area (Å²) < 4.78 is 106. The van der Waals surface area contributed by atoms with E-state index in [0.29, 0.717) is 29.1 Å². The van der Waals surface area contributed by atoms with Crippen LogP contribution in [0.3, 0.4) is 0 Å². The number of hydrogen-bond donors (Lipinski definition) is 0. The van der Waals surface area contributed by atoms with Crippen molar-refractivity contribution in [1.82, 2.24) is 9.78 Å². The van der Waals surface area contributed by atoms with Crippen molar-refractivity contribution in [2.75, 3.05) is 6.26 Å². The highest BCUT2D eigenvalue weighted by molar-refractivity contribution is 7.90. The van der Waals surface area contributed by atoms with Crippen molar-refractivity contribution in [3.8, 4) is 16.9 Å². The van der Waals surface area contributed by atoms with Crippen molar-refractivity contribution >= 4 is 9.84 Å². The van der Waals surface area contributed by atoms with Gasteiger partial charge in [0.25, 0.3) is 0 Å². The minimum atomic E-state index is -4.91. The molecule has 0 saturated carbocycles. The van der Waals surface area contributed by atoms with Crippen LogP contribution in [0, 0.1) is 24.4 Å². The SMILES string of the molecule is Cc1ccc(-n2nc(C(F)(F)F)cc2-c2cc(F)c(S(C)(=O)=O)cc2F)cc1F. The molecule has 4 nitrogen and oxygen atoms in total. The molecule has 0 aliphatic carbocycles. The molecule has 0 fully saturated rings. The summed E-state index contributed by atoms with van der Waals surface area (Å²) in [5.41, 5.74) is -2.56. The van der Waals surface area contributed by atoms with E-state index >= 15 is 0 Å². The molecule has 0 bridgehead atoms. The van der Waals surface area contributed by atoms with Gasteiger partial charge in [-0.2, -0.15) is 18.3 Å². The van der Waals surface area contributed by atoms with E-state index < -0.39 is 55.3 Å². The summed E-state index contributed by atoms with van der Waals surface area (Å²) in [4.78, 5) is -0.942. The molecule has 0 spiro atoms. The first-order valence-electron chi connectivity index (χ1n) is 7.92. The Morgan fingerprint density at radius 1 is 0.931 bits per heavy atom. The Kier molecular flexibility index (Phi) is 4.98. The van der Waals surface area contributed by atoms with Crippen molar-refractivity contribution in [3.05, 3.63) is 65.1 Å². The number of rotatable bonds is 3. The standard InChI is InChI=1S/C18H12F6N2O2S/c1-9-3-4-10(5-12(9)19)26-15(8-17(25-26)18(22,23)24)11-6-14(21)16(7-13(11)20)29(2,27)28/h3-8H,1-2H3. The van der Waals surface area contributed by atoms with Crippen LogP contribution in [-0.2, 0) is 16.0 Å². The monoisotopic (exact) mass is 434 g/mol. The number of benzene rings is 2. The molecule has 0 aliphatic rings. The summed E-state index contributed by atoms with van der Waals surface area (Å²) in [6.45, 7) is 1.43. The van der Waals surface area contributed by atoms with Crippen LogP contribution in [-0.4, -0.2) is 24.5 Å². The highest BCUT2D eigenvalue weighted by Crippen LogP contribution is 2.35. The van der Waals surface area contributed by atoms with Gasteiger partial charge < -0.3 is 0 Å². The van der Waals surface area contributed by atoms with Crippen LogP contribution in [0.5, 0.6) is 0 Å². The zero-order valence-corrected chi connectivity index (χ0v) is 15.7. The largest absolute Gasteiger partial charge is 0.435 e. The third kappa shape index (κ3) is 4.00. The first-order chi connectivity index (χ1) is 13.3. The highest BCUT2D eigenvalue weighted by atomic mass is 32.2. The molecule has 0 atom stereocenters. The van der Waals surface area contributed by atoms with Gasteiger partial charge >= 0.3 is 6.18 Å². The number of aromatic nitrogens is 2. The minimum absolute atomic E-state index is 0.161. The third-order valence-corrected chi connectivity index (χ3v) is 5.21. The fourth-order valence-electron chi connectivity index (χ4n) is 2.63. The Balaban J connectivity index is 2.30. The van der Waals surface area contributed by atoms with Crippen molar-refractivity contribution in [2.24, 2.45) is 0 Å². The molecule has 2 aromatic carbocycles. The molecule has 3 aromatic rings. The number of aryl methyl sites for hydroxylation is 1. The van der Waals surface area contributed by atoms with E-state index in [-0.39, 0.29) is 11.3 Å². The van der Waals surface area contributed by atoms with Gasteiger partial charge in [-0.05, 0) is 42.8 Å². The molecule has 0 aliphatic heterocycles.